The molecule has 0 spiro atoms. The minimum atomic E-state index is -6.10. The van der Waals surface area contributed by atoms with E-state index < -0.39 is 103 Å². The fourth-order valence-corrected chi connectivity index (χ4v) is 5.98. The van der Waals surface area contributed by atoms with Gasteiger partial charge in [-0.3, -0.25) is 4.79 Å². The molecule has 12 nitrogen and oxygen atoms in total. The molecule has 3 heterocycles. The van der Waals surface area contributed by atoms with Gasteiger partial charge in [0.2, 0.25) is 5.91 Å². The Labute approximate surface area is 285 Å². The monoisotopic (exact) mass is 727 g/mol. The molecule has 3 saturated heterocycles. The Bertz CT molecular complexity index is 1370. The van der Waals surface area contributed by atoms with Crippen molar-refractivity contribution < 1.29 is 69.1 Å². The highest BCUT2D eigenvalue weighted by Crippen LogP contribution is 2.46. The number of carbonyl (C=O) groups is 3. The lowest BCUT2D eigenvalue weighted by Gasteiger charge is -2.43. The van der Waals surface area contributed by atoms with E-state index in [1.807, 2.05) is 5.32 Å². The summed E-state index contributed by atoms with van der Waals surface area (Å²) in [5.74, 6) is -10.0. The molecule has 0 aromatic heterocycles. The van der Waals surface area contributed by atoms with E-state index >= 15 is 0 Å². The predicted molar refractivity (Wildman–Crippen MR) is 161 cm³/mol. The van der Waals surface area contributed by atoms with Crippen LogP contribution in [-0.2, 0) is 44.6 Å². The van der Waals surface area contributed by atoms with Gasteiger partial charge in [-0.2, -0.15) is 26.3 Å². The molecule has 282 valence electrons. The van der Waals surface area contributed by atoms with Crippen molar-refractivity contribution in [1.29, 1.82) is 0 Å². The topological polar surface area (TPSA) is 134 Å². The third kappa shape index (κ3) is 9.57. The van der Waals surface area contributed by atoms with Crippen LogP contribution < -0.4 is 10.6 Å². The van der Waals surface area contributed by atoms with Crippen molar-refractivity contribution in [3.63, 3.8) is 0 Å². The van der Waals surface area contributed by atoms with Crippen molar-refractivity contribution in [1.82, 2.24) is 15.5 Å². The van der Waals surface area contributed by atoms with E-state index in [0.717, 1.165) is 6.92 Å². The van der Waals surface area contributed by atoms with Crippen LogP contribution in [0.2, 0.25) is 0 Å². The van der Waals surface area contributed by atoms with Crippen LogP contribution in [0.15, 0.2) is 30.3 Å². The second kappa shape index (κ2) is 14.1. The van der Waals surface area contributed by atoms with Crippen LogP contribution in [0.4, 0.5) is 31.1 Å². The molecule has 3 fully saturated rings. The molecular formula is C32H43F6N3O9. The van der Waals surface area contributed by atoms with Crippen LogP contribution in [-0.4, -0.2) is 102 Å². The Morgan fingerprint density at radius 2 is 1.40 bits per heavy atom. The van der Waals surface area contributed by atoms with Crippen LogP contribution in [0.5, 0.6) is 0 Å². The van der Waals surface area contributed by atoms with Crippen LogP contribution in [0.3, 0.4) is 0 Å². The lowest BCUT2D eigenvalue weighted by Crippen LogP contribution is -2.67. The number of alkyl halides is 6. The molecule has 1 aromatic rings. The van der Waals surface area contributed by atoms with Crippen LogP contribution in [0.1, 0.15) is 61.0 Å². The normalized spacial score (nSPS) is 27.1. The molecule has 7 atom stereocenters. The molecule has 0 radical (unpaired) electrons. The highest BCUT2D eigenvalue weighted by molar-refractivity contribution is 5.91. The first kappa shape index (κ1) is 39.6. The van der Waals surface area contributed by atoms with E-state index in [2.05, 4.69) is 5.32 Å². The number of hydrogen-bond donors (Lipinski definition) is 2. The van der Waals surface area contributed by atoms with E-state index in [0.29, 0.717) is 5.56 Å². The van der Waals surface area contributed by atoms with Gasteiger partial charge in [-0.15, -0.1) is 0 Å². The van der Waals surface area contributed by atoms with Gasteiger partial charge in [0.1, 0.15) is 43.1 Å². The van der Waals surface area contributed by atoms with Gasteiger partial charge in [-0.25, -0.2) is 9.59 Å². The van der Waals surface area contributed by atoms with E-state index in [-0.39, 0.29) is 11.5 Å². The average Bonchev–Trinajstić information content (AvgIpc) is 3.45. The number of nitrogens with one attached hydrogen (secondary N) is 2. The fourth-order valence-electron chi connectivity index (χ4n) is 5.98. The average molecular weight is 728 g/mol. The first-order valence-electron chi connectivity index (χ1n) is 15.9. The number of fused-ring (bicyclic) bond motifs is 3. The molecule has 0 saturated carbocycles. The highest BCUT2D eigenvalue weighted by Gasteiger charge is 2.66. The number of esters is 1. The standard InChI is InChI=1S/C32H43F6N3O9/c1-16(25(43)45-15-17-12-10-9-11-13-17)39-24(42)19(23(31(33,34)35)32(36,37)38)41(27(44)40-28(2,3)4)14-18-20-21(48-29(5,6)47-20)22-26(46-18)50-30(7,8)49-22/h9-13,16,18-23,26H,14-15H2,1-8H3,(H,39,42)(H,40,44)/t16-,18+,19?,20-,21-,22+,26+/m0/s1. The molecular weight excluding hydrogens is 684 g/mol. The zero-order chi connectivity index (χ0) is 37.6. The summed E-state index contributed by atoms with van der Waals surface area (Å²) in [6, 6.07) is 1.75. The Morgan fingerprint density at radius 3 is 1.96 bits per heavy atom. The highest BCUT2D eigenvalue weighted by atomic mass is 19.4. The number of amides is 3. The molecule has 1 aromatic carbocycles. The molecule has 4 rings (SSSR count). The van der Waals surface area contributed by atoms with E-state index in [1.54, 1.807) is 44.2 Å². The Morgan fingerprint density at radius 1 is 0.860 bits per heavy atom. The smallest absolute Gasteiger partial charge is 0.403 e. The Hall–Kier alpha value is -3.19. The number of halogens is 6. The van der Waals surface area contributed by atoms with Crippen molar-refractivity contribution in [3.05, 3.63) is 35.9 Å². The SMILES string of the molecule is C[C@H](NC(=O)C(C(C(F)(F)F)C(F)(F)F)N(C[C@H]1O[C@@H]2OC(C)(C)O[C@@H]2[C@H]2OC(C)(C)O[C@H]21)C(=O)NC(C)(C)C)C(=O)OCc1ccccc1. The molecule has 3 aliphatic heterocycles. The number of rotatable bonds is 9. The number of hydrogen-bond acceptors (Lipinski definition) is 9. The lowest BCUT2D eigenvalue weighted by molar-refractivity contribution is -0.297. The summed E-state index contributed by atoms with van der Waals surface area (Å²) in [4.78, 5) is 40.4. The minimum Gasteiger partial charge on any atom is -0.459 e. The maximum Gasteiger partial charge on any atom is 0.403 e. The molecule has 0 aliphatic carbocycles. The number of carbonyl (C=O) groups excluding carboxylic acids is 3. The summed E-state index contributed by atoms with van der Waals surface area (Å²) in [5, 5.41) is 4.26. The molecule has 1 unspecified atom stereocenters. The molecule has 2 N–H and O–H groups in total. The van der Waals surface area contributed by atoms with Crippen LogP contribution in [0, 0.1) is 5.92 Å². The van der Waals surface area contributed by atoms with Gasteiger partial charge >= 0.3 is 24.4 Å². The van der Waals surface area contributed by atoms with Crippen molar-refractivity contribution >= 4 is 17.9 Å². The zero-order valence-corrected chi connectivity index (χ0v) is 28.8. The number of nitrogens with zero attached hydrogens (tertiary/aromatic N) is 1. The van der Waals surface area contributed by atoms with Gasteiger partial charge in [0.25, 0.3) is 0 Å². The molecule has 3 aliphatic rings. The molecule has 0 bridgehead atoms. The summed E-state index contributed by atoms with van der Waals surface area (Å²) in [7, 11) is 0. The third-order valence-corrected chi connectivity index (χ3v) is 7.93. The third-order valence-electron chi connectivity index (χ3n) is 7.93. The van der Waals surface area contributed by atoms with Gasteiger partial charge in [-0.05, 0) is 61.0 Å². The first-order chi connectivity index (χ1) is 22.8. The van der Waals surface area contributed by atoms with E-state index in [4.69, 9.17) is 28.4 Å². The van der Waals surface area contributed by atoms with Gasteiger partial charge < -0.3 is 44.0 Å². The quantitative estimate of drug-likeness (QED) is 0.278. The first-order valence-corrected chi connectivity index (χ1v) is 15.9. The molecule has 50 heavy (non-hydrogen) atoms. The van der Waals surface area contributed by atoms with Crippen molar-refractivity contribution in [3.8, 4) is 0 Å². The second-order valence-corrected chi connectivity index (χ2v) is 14.4. The second-order valence-electron chi connectivity index (χ2n) is 14.4. The fraction of sp³-hybridized carbons (Fsp3) is 0.719. The number of benzene rings is 1. The van der Waals surface area contributed by atoms with Crippen LogP contribution >= 0.6 is 0 Å². The van der Waals surface area contributed by atoms with Gasteiger partial charge in [0.15, 0.2) is 23.8 Å². The Kier molecular flexibility index (Phi) is 11.2. The summed E-state index contributed by atoms with van der Waals surface area (Å²) in [6.45, 7) is 10.2. The van der Waals surface area contributed by atoms with E-state index in [1.165, 1.54) is 34.6 Å². The summed E-state index contributed by atoms with van der Waals surface area (Å²) in [5.41, 5.74) is -0.662. The summed E-state index contributed by atoms with van der Waals surface area (Å²) >= 11 is 0. The number of ether oxygens (including phenoxy) is 6. The summed E-state index contributed by atoms with van der Waals surface area (Å²) < 4.78 is 122. The van der Waals surface area contributed by atoms with Gasteiger partial charge in [0, 0.05) is 5.54 Å². The van der Waals surface area contributed by atoms with Gasteiger partial charge in [-0.1, -0.05) is 30.3 Å². The van der Waals surface area contributed by atoms with Crippen molar-refractivity contribution in [2.75, 3.05) is 6.54 Å². The summed E-state index contributed by atoms with van der Waals surface area (Å²) in [6.07, 6.45) is -18.0. The van der Waals surface area contributed by atoms with Crippen molar-refractivity contribution in [2.24, 2.45) is 5.92 Å². The maximum absolute atomic E-state index is 14.5. The zero-order valence-electron chi connectivity index (χ0n) is 28.8. The molecule has 3 amide bonds. The minimum absolute atomic E-state index is 0.103. The van der Waals surface area contributed by atoms with Crippen LogP contribution in [0.25, 0.3) is 0 Å². The van der Waals surface area contributed by atoms with E-state index in [9.17, 15) is 40.7 Å². The largest absolute Gasteiger partial charge is 0.459 e. The molecule has 18 heteroatoms. The lowest BCUT2D eigenvalue weighted by atomic mass is 9.93. The van der Waals surface area contributed by atoms with Gasteiger partial charge in [0.05, 0.1) is 6.54 Å². The van der Waals surface area contributed by atoms with Crippen molar-refractivity contribution in [2.45, 2.75) is 134 Å². The number of urea groups is 1. The Balaban J connectivity index is 1.73. The predicted octanol–water partition coefficient (Wildman–Crippen LogP) is 4.55. The maximum atomic E-state index is 14.5.